The van der Waals surface area contributed by atoms with E-state index in [1.165, 1.54) is 12.1 Å². The molecule has 0 spiro atoms. The Morgan fingerprint density at radius 3 is 2.35 bits per heavy atom. The molecule has 1 aliphatic heterocycles. The summed E-state index contributed by atoms with van der Waals surface area (Å²) in [5.74, 6) is -1.24. The second-order valence-electron chi connectivity index (χ2n) is 12.8. The van der Waals surface area contributed by atoms with Crippen LogP contribution in [0.4, 0.5) is 4.39 Å². The summed E-state index contributed by atoms with van der Waals surface area (Å²) < 4.78 is 33.8. The van der Waals surface area contributed by atoms with Gasteiger partial charge in [-0.05, 0) is 76.8 Å². The predicted molar refractivity (Wildman–Crippen MR) is 163 cm³/mol. The molecular weight excluding hydrogens is 549 g/mol. The average Bonchev–Trinajstić information content (AvgIpc) is 3.29. The molecule has 3 aromatic rings. The van der Waals surface area contributed by atoms with E-state index >= 15 is 0 Å². The standard InChI is InChI=1S/C34H44FN3O5/c1-22(2)30-29(32(40)36-21-23-11-9-8-10-12-23)37-31(24-13-15-25(35)16-14-24)38(30)18-17-26-19-27(42-34(6,7)41-26)20-28(39)43-33(3,4)5/h8-16,22,26-27H,17-21H2,1-7H3,(H,36,40)/t26-,27-/m1/s1. The van der Waals surface area contributed by atoms with Crippen LogP contribution in [0.25, 0.3) is 11.4 Å². The molecule has 0 saturated carbocycles. The van der Waals surface area contributed by atoms with Gasteiger partial charge >= 0.3 is 5.97 Å². The van der Waals surface area contributed by atoms with Crippen LogP contribution in [0.2, 0.25) is 0 Å². The predicted octanol–water partition coefficient (Wildman–Crippen LogP) is 6.77. The number of hydrogen-bond acceptors (Lipinski definition) is 6. The lowest BCUT2D eigenvalue weighted by Crippen LogP contribution is -2.46. The summed E-state index contributed by atoms with van der Waals surface area (Å²) in [6.07, 6.45) is 0.675. The van der Waals surface area contributed by atoms with Gasteiger partial charge in [0.15, 0.2) is 5.79 Å². The molecule has 2 atom stereocenters. The first kappa shape index (κ1) is 32.4. The first-order chi connectivity index (χ1) is 20.2. The molecule has 1 aromatic heterocycles. The van der Waals surface area contributed by atoms with E-state index in [-0.39, 0.29) is 42.2 Å². The van der Waals surface area contributed by atoms with Crippen LogP contribution in [0.5, 0.6) is 0 Å². The minimum atomic E-state index is -0.881. The van der Waals surface area contributed by atoms with Gasteiger partial charge in [-0.2, -0.15) is 0 Å². The van der Waals surface area contributed by atoms with Crippen molar-refractivity contribution in [3.05, 3.63) is 77.4 Å². The van der Waals surface area contributed by atoms with Crippen molar-refractivity contribution in [2.45, 2.75) is 110 Å². The van der Waals surface area contributed by atoms with Crippen molar-refractivity contribution in [2.24, 2.45) is 0 Å². The van der Waals surface area contributed by atoms with E-state index < -0.39 is 11.4 Å². The largest absolute Gasteiger partial charge is 0.460 e. The zero-order chi connectivity index (χ0) is 31.4. The van der Waals surface area contributed by atoms with Crippen molar-refractivity contribution in [1.29, 1.82) is 0 Å². The Hall–Kier alpha value is -3.56. The Balaban J connectivity index is 1.59. The number of ether oxygens (including phenoxy) is 3. The number of halogens is 1. The van der Waals surface area contributed by atoms with Crippen molar-refractivity contribution in [2.75, 3.05) is 0 Å². The van der Waals surface area contributed by atoms with E-state index in [0.29, 0.717) is 43.0 Å². The lowest BCUT2D eigenvalue weighted by atomic mass is 10.0. The number of carbonyl (C=O) groups is 2. The molecule has 0 radical (unpaired) electrons. The highest BCUT2D eigenvalue weighted by atomic mass is 19.1. The van der Waals surface area contributed by atoms with Gasteiger partial charge in [0, 0.05) is 25.1 Å². The Morgan fingerprint density at radius 1 is 1.07 bits per heavy atom. The fourth-order valence-corrected chi connectivity index (χ4v) is 5.49. The van der Waals surface area contributed by atoms with Crippen molar-refractivity contribution >= 4 is 11.9 Å². The third kappa shape index (κ3) is 8.97. The van der Waals surface area contributed by atoms with Crippen molar-refractivity contribution in [1.82, 2.24) is 14.9 Å². The van der Waals surface area contributed by atoms with Crippen LogP contribution < -0.4 is 5.32 Å². The molecular formula is C34H44FN3O5. The highest BCUT2D eigenvalue weighted by molar-refractivity contribution is 5.94. The number of imidazole rings is 1. The van der Waals surface area contributed by atoms with Crippen molar-refractivity contribution < 1.29 is 28.2 Å². The van der Waals surface area contributed by atoms with Crippen LogP contribution in [0, 0.1) is 5.82 Å². The van der Waals surface area contributed by atoms with E-state index in [4.69, 9.17) is 19.2 Å². The van der Waals surface area contributed by atoms with Gasteiger partial charge in [0.25, 0.3) is 5.91 Å². The lowest BCUT2D eigenvalue weighted by molar-refractivity contribution is -0.301. The number of benzene rings is 2. The summed E-state index contributed by atoms with van der Waals surface area (Å²) in [4.78, 5) is 30.9. The number of hydrogen-bond donors (Lipinski definition) is 1. The molecule has 1 amide bonds. The summed E-state index contributed by atoms with van der Waals surface area (Å²) in [5.41, 5.74) is 2.26. The lowest BCUT2D eigenvalue weighted by Gasteiger charge is -2.41. The van der Waals surface area contributed by atoms with Gasteiger partial charge in [-0.3, -0.25) is 9.59 Å². The van der Waals surface area contributed by atoms with E-state index in [2.05, 4.69) is 5.32 Å². The first-order valence-corrected chi connectivity index (χ1v) is 15.0. The van der Waals surface area contributed by atoms with Crippen molar-refractivity contribution in [3.63, 3.8) is 0 Å². The molecule has 0 aliphatic carbocycles. The third-order valence-corrected chi connectivity index (χ3v) is 7.08. The van der Waals surface area contributed by atoms with Crippen LogP contribution >= 0.6 is 0 Å². The number of amides is 1. The van der Waals surface area contributed by atoms with Gasteiger partial charge < -0.3 is 24.1 Å². The van der Waals surface area contributed by atoms with Gasteiger partial charge in [-0.15, -0.1) is 0 Å². The highest BCUT2D eigenvalue weighted by Crippen LogP contribution is 2.33. The summed E-state index contributed by atoms with van der Waals surface area (Å²) in [6, 6.07) is 15.8. The average molecular weight is 594 g/mol. The number of aromatic nitrogens is 2. The topological polar surface area (TPSA) is 91.7 Å². The highest BCUT2D eigenvalue weighted by Gasteiger charge is 2.37. The van der Waals surface area contributed by atoms with Crippen LogP contribution in [0.1, 0.15) is 95.4 Å². The Bertz CT molecular complexity index is 1390. The van der Waals surface area contributed by atoms with E-state index in [0.717, 1.165) is 11.3 Å². The maximum Gasteiger partial charge on any atom is 0.308 e. The van der Waals surface area contributed by atoms with Crippen LogP contribution in [-0.4, -0.2) is 45.0 Å². The van der Waals surface area contributed by atoms with Gasteiger partial charge in [-0.25, -0.2) is 9.37 Å². The molecule has 2 aromatic carbocycles. The molecule has 2 heterocycles. The number of rotatable bonds is 10. The van der Waals surface area contributed by atoms with Gasteiger partial charge in [0.05, 0.1) is 24.3 Å². The van der Waals surface area contributed by atoms with Gasteiger partial charge in [0.2, 0.25) is 0 Å². The SMILES string of the molecule is CC(C)c1c(C(=O)NCc2ccccc2)nc(-c2ccc(F)cc2)n1CC[C@@H]1C[C@H](CC(=O)OC(C)(C)C)OC(C)(C)O1. The van der Waals surface area contributed by atoms with E-state index in [1.54, 1.807) is 12.1 Å². The summed E-state index contributed by atoms with van der Waals surface area (Å²) in [7, 11) is 0. The van der Waals surface area contributed by atoms with E-state index in [1.807, 2.05) is 83.4 Å². The van der Waals surface area contributed by atoms with E-state index in [9.17, 15) is 14.0 Å². The Morgan fingerprint density at radius 2 is 1.72 bits per heavy atom. The van der Waals surface area contributed by atoms with Crippen LogP contribution in [0.15, 0.2) is 54.6 Å². The zero-order valence-electron chi connectivity index (χ0n) is 26.3. The molecule has 8 nitrogen and oxygen atoms in total. The second kappa shape index (κ2) is 13.4. The second-order valence-corrected chi connectivity index (χ2v) is 12.8. The fraction of sp³-hybridized carbons (Fsp3) is 0.500. The molecule has 1 saturated heterocycles. The number of carbonyl (C=O) groups excluding carboxylic acids is 2. The number of nitrogens with zero attached hydrogens (tertiary/aromatic N) is 2. The van der Waals surface area contributed by atoms with Crippen molar-refractivity contribution in [3.8, 4) is 11.4 Å². The molecule has 232 valence electrons. The first-order valence-electron chi connectivity index (χ1n) is 15.0. The van der Waals surface area contributed by atoms with Crippen LogP contribution in [0.3, 0.4) is 0 Å². The minimum Gasteiger partial charge on any atom is -0.460 e. The van der Waals surface area contributed by atoms with Crippen LogP contribution in [-0.2, 0) is 32.1 Å². The monoisotopic (exact) mass is 593 g/mol. The number of esters is 1. The molecule has 1 fully saturated rings. The molecule has 43 heavy (non-hydrogen) atoms. The normalized spacial score (nSPS) is 18.4. The minimum absolute atomic E-state index is 0.0221. The maximum absolute atomic E-state index is 13.8. The third-order valence-electron chi connectivity index (χ3n) is 7.08. The molecule has 1 aliphatic rings. The molecule has 0 unspecified atom stereocenters. The fourth-order valence-electron chi connectivity index (χ4n) is 5.49. The molecule has 1 N–H and O–H groups in total. The summed E-state index contributed by atoms with van der Waals surface area (Å²) in [5, 5.41) is 3.01. The Labute approximate surface area is 253 Å². The summed E-state index contributed by atoms with van der Waals surface area (Å²) in [6.45, 7) is 14.1. The molecule has 0 bridgehead atoms. The van der Waals surface area contributed by atoms with Gasteiger partial charge in [-0.1, -0.05) is 44.2 Å². The Kier molecular flexibility index (Phi) is 10.1. The summed E-state index contributed by atoms with van der Waals surface area (Å²) >= 11 is 0. The quantitative estimate of drug-likeness (QED) is 0.261. The zero-order valence-corrected chi connectivity index (χ0v) is 26.3. The van der Waals surface area contributed by atoms with Gasteiger partial charge in [0.1, 0.15) is 22.9 Å². The molecule has 9 heteroatoms. The molecule has 4 rings (SSSR count). The maximum atomic E-state index is 13.8. The number of nitrogens with one attached hydrogen (secondary N) is 1. The smallest absolute Gasteiger partial charge is 0.308 e.